The summed E-state index contributed by atoms with van der Waals surface area (Å²) in [7, 11) is 0. The molecule has 1 aliphatic heterocycles. The SMILES string of the molecule is C[C@H](c1cc(O)c(O)c([N+](=O)[O-])c1)N1CCNCC1.Cl.Cl. The predicted octanol–water partition coefficient (Wildman–Crippen LogP) is 1.82. The van der Waals surface area contributed by atoms with E-state index in [9.17, 15) is 20.3 Å². The highest BCUT2D eigenvalue weighted by atomic mass is 35.5. The monoisotopic (exact) mass is 339 g/mol. The highest BCUT2D eigenvalue weighted by molar-refractivity contribution is 5.85. The Balaban J connectivity index is 0.00000200. The number of phenolic OH excluding ortho intramolecular Hbond substituents is 2. The first-order valence-electron chi connectivity index (χ1n) is 6.15. The molecule has 1 atom stereocenters. The Morgan fingerprint density at radius 1 is 1.29 bits per heavy atom. The second-order valence-corrected chi connectivity index (χ2v) is 4.63. The van der Waals surface area contributed by atoms with E-state index in [2.05, 4.69) is 10.2 Å². The number of benzene rings is 1. The summed E-state index contributed by atoms with van der Waals surface area (Å²) in [6.07, 6.45) is 0. The predicted molar refractivity (Wildman–Crippen MR) is 83.8 cm³/mol. The number of nitro benzene ring substituents is 1. The molecule has 0 saturated carbocycles. The zero-order chi connectivity index (χ0) is 14.0. The molecule has 3 N–H and O–H groups in total. The van der Waals surface area contributed by atoms with Crippen LogP contribution in [0, 0.1) is 10.1 Å². The lowest BCUT2D eigenvalue weighted by Gasteiger charge is -2.33. The Hall–Kier alpha value is -1.28. The molecule has 120 valence electrons. The second-order valence-electron chi connectivity index (χ2n) is 4.63. The lowest BCUT2D eigenvalue weighted by atomic mass is 10.0. The number of nitrogens with zero attached hydrogens (tertiary/aromatic N) is 2. The number of phenols is 2. The van der Waals surface area contributed by atoms with Crippen molar-refractivity contribution in [3.63, 3.8) is 0 Å². The Bertz CT molecular complexity index is 496. The van der Waals surface area contributed by atoms with Gasteiger partial charge < -0.3 is 15.5 Å². The molecular weight excluding hydrogens is 321 g/mol. The fourth-order valence-electron chi connectivity index (χ4n) is 2.29. The zero-order valence-electron chi connectivity index (χ0n) is 11.5. The molecule has 0 aliphatic carbocycles. The van der Waals surface area contributed by atoms with Gasteiger partial charge in [0.15, 0.2) is 5.75 Å². The molecule has 2 rings (SSSR count). The highest BCUT2D eigenvalue weighted by Gasteiger charge is 2.24. The third-order valence-electron chi connectivity index (χ3n) is 3.47. The van der Waals surface area contributed by atoms with Crippen LogP contribution in [-0.4, -0.2) is 46.2 Å². The largest absolute Gasteiger partial charge is 0.504 e. The van der Waals surface area contributed by atoms with Crippen LogP contribution in [0.1, 0.15) is 18.5 Å². The number of nitro groups is 1. The zero-order valence-corrected chi connectivity index (χ0v) is 13.1. The van der Waals surface area contributed by atoms with Crippen molar-refractivity contribution in [2.75, 3.05) is 26.2 Å². The molecule has 0 spiro atoms. The van der Waals surface area contributed by atoms with E-state index in [-0.39, 0.29) is 30.9 Å². The Morgan fingerprint density at radius 2 is 1.86 bits per heavy atom. The maximum absolute atomic E-state index is 10.8. The van der Waals surface area contributed by atoms with E-state index in [1.54, 1.807) is 0 Å². The van der Waals surface area contributed by atoms with Crippen molar-refractivity contribution in [2.24, 2.45) is 0 Å². The maximum atomic E-state index is 10.8. The number of hydrogen-bond acceptors (Lipinski definition) is 6. The molecule has 1 aromatic rings. The molecule has 0 bridgehead atoms. The van der Waals surface area contributed by atoms with Gasteiger partial charge in [-0.2, -0.15) is 0 Å². The summed E-state index contributed by atoms with van der Waals surface area (Å²) in [6.45, 7) is 5.36. The molecule has 1 aromatic carbocycles. The summed E-state index contributed by atoms with van der Waals surface area (Å²) in [6, 6.07) is 2.66. The van der Waals surface area contributed by atoms with E-state index < -0.39 is 22.1 Å². The average Bonchev–Trinajstić information content (AvgIpc) is 2.41. The van der Waals surface area contributed by atoms with Crippen molar-refractivity contribution < 1.29 is 15.1 Å². The third-order valence-corrected chi connectivity index (χ3v) is 3.47. The van der Waals surface area contributed by atoms with Gasteiger partial charge in [-0.1, -0.05) is 0 Å². The van der Waals surface area contributed by atoms with Gasteiger partial charge >= 0.3 is 5.69 Å². The average molecular weight is 340 g/mol. The standard InChI is InChI=1S/C12H17N3O4.2ClH/c1-8(14-4-2-13-3-5-14)9-6-10(15(18)19)12(17)11(16)7-9;;/h6-8,13,16-17H,2-5H2,1H3;2*1H/t8-;;/m1../s1. The molecule has 9 heteroatoms. The number of nitrogens with one attached hydrogen (secondary N) is 1. The van der Waals surface area contributed by atoms with E-state index in [1.165, 1.54) is 12.1 Å². The molecule has 0 unspecified atom stereocenters. The van der Waals surface area contributed by atoms with Crippen molar-refractivity contribution in [1.29, 1.82) is 0 Å². The lowest BCUT2D eigenvalue weighted by Crippen LogP contribution is -2.44. The highest BCUT2D eigenvalue weighted by Crippen LogP contribution is 2.38. The van der Waals surface area contributed by atoms with E-state index in [0.717, 1.165) is 26.2 Å². The summed E-state index contributed by atoms with van der Waals surface area (Å²) in [5.74, 6) is -1.13. The number of piperazine rings is 1. The molecule has 1 heterocycles. The smallest absolute Gasteiger partial charge is 0.314 e. The molecule has 1 fully saturated rings. The Kier molecular flexibility index (Phi) is 7.73. The van der Waals surface area contributed by atoms with E-state index in [1.807, 2.05) is 6.92 Å². The van der Waals surface area contributed by atoms with Crippen LogP contribution in [0.4, 0.5) is 5.69 Å². The van der Waals surface area contributed by atoms with Crippen molar-refractivity contribution >= 4 is 30.5 Å². The lowest BCUT2D eigenvalue weighted by molar-refractivity contribution is -0.386. The van der Waals surface area contributed by atoms with E-state index in [4.69, 9.17) is 0 Å². The normalized spacial score (nSPS) is 16.4. The first kappa shape index (κ1) is 19.7. The van der Waals surface area contributed by atoms with Gasteiger partial charge in [-0.25, -0.2) is 0 Å². The minimum absolute atomic E-state index is 0. The van der Waals surface area contributed by atoms with Gasteiger partial charge in [0.1, 0.15) is 0 Å². The van der Waals surface area contributed by atoms with Crippen LogP contribution in [0.3, 0.4) is 0 Å². The van der Waals surface area contributed by atoms with Crippen molar-refractivity contribution in [3.05, 3.63) is 27.8 Å². The van der Waals surface area contributed by atoms with Gasteiger partial charge in [-0.3, -0.25) is 15.0 Å². The first-order valence-corrected chi connectivity index (χ1v) is 6.15. The number of hydrogen-bond donors (Lipinski definition) is 3. The summed E-state index contributed by atoms with van der Waals surface area (Å²) >= 11 is 0. The summed E-state index contributed by atoms with van der Waals surface area (Å²) in [5.41, 5.74) is 0.167. The minimum Gasteiger partial charge on any atom is -0.504 e. The summed E-state index contributed by atoms with van der Waals surface area (Å²) < 4.78 is 0. The second kappa shape index (κ2) is 8.23. The van der Waals surface area contributed by atoms with Crippen molar-refractivity contribution in [1.82, 2.24) is 10.2 Å². The van der Waals surface area contributed by atoms with Gasteiger partial charge in [0.2, 0.25) is 5.75 Å². The fourth-order valence-corrected chi connectivity index (χ4v) is 2.29. The quantitative estimate of drug-likeness (QED) is 0.441. The number of halogens is 2. The van der Waals surface area contributed by atoms with Crippen LogP contribution in [0.2, 0.25) is 0 Å². The molecule has 1 aliphatic rings. The number of rotatable bonds is 3. The summed E-state index contributed by atoms with van der Waals surface area (Å²) in [5, 5.41) is 33.1. The third kappa shape index (κ3) is 4.34. The Morgan fingerprint density at radius 3 is 2.38 bits per heavy atom. The maximum Gasteiger partial charge on any atom is 0.314 e. The van der Waals surface area contributed by atoms with Gasteiger partial charge in [-0.15, -0.1) is 24.8 Å². The van der Waals surface area contributed by atoms with Crippen LogP contribution in [-0.2, 0) is 0 Å². The fraction of sp³-hybridized carbons (Fsp3) is 0.500. The number of aromatic hydroxyl groups is 2. The van der Waals surface area contributed by atoms with Crippen LogP contribution in [0.5, 0.6) is 11.5 Å². The minimum atomic E-state index is -0.691. The van der Waals surface area contributed by atoms with Gasteiger partial charge in [0, 0.05) is 38.3 Å². The van der Waals surface area contributed by atoms with Crippen LogP contribution >= 0.6 is 24.8 Å². The molecule has 0 amide bonds. The van der Waals surface area contributed by atoms with Gasteiger partial charge in [-0.05, 0) is 18.6 Å². The summed E-state index contributed by atoms with van der Waals surface area (Å²) in [4.78, 5) is 12.3. The molecule has 0 aromatic heterocycles. The van der Waals surface area contributed by atoms with E-state index in [0.29, 0.717) is 5.56 Å². The topological polar surface area (TPSA) is 98.9 Å². The van der Waals surface area contributed by atoms with Crippen molar-refractivity contribution in [3.8, 4) is 11.5 Å². The molecule has 21 heavy (non-hydrogen) atoms. The van der Waals surface area contributed by atoms with Gasteiger partial charge in [0.05, 0.1) is 4.92 Å². The van der Waals surface area contributed by atoms with E-state index >= 15 is 0 Å². The van der Waals surface area contributed by atoms with Crippen LogP contribution < -0.4 is 5.32 Å². The first-order chi connectivity index (χ1) is 9.00. The molecule has 1 saturated heterocycles. The molecule has 7 nitrogen and oxygen atoms in total. The van der Waals surface area contributed by atoms with Gasteiger partial charge in [0.25, 0.3) is 0 Å². The molecular formula is C12H19Cl2N3O4. The van der Waals surface area contributed by atoms with Crippen molar-refractivity contribution in [2.45, 2.75) is 13.0 Å². The Labute approximate surface area is 134 Å². The molecule has 0 radical (unpaired) electrons. The van der Waals surface area contributed by atoms with Crippen LogP contribution in [0.15, 0.2) is 12.1 Å². The van der Waals surface area contributed by atoms with Crippen LogP contribution in [0.25, 0.3) is 0 Å².